The van der Waals surface area contributed by atoms with Crippen LogP contribution in [-0.4, -0.2) is 13.1 Å². The zero-order chi connectivity index (χ0) is 10.7. The first-order chi connectivity index (χ1) is 7.20. The van der Waals surface area contributed by atoms with Gasteiger partial charge in [-0.3, -0.25) is 0 Å². The molecule has 0 saturated heterocycles. The van der Waals surface area contributed by atoms with E-state index in [0.717, 1.165) is 11.8 Å². The van der Waals surface area contributed by atoms with Crippen molar-refractivity contribution in [2.75, 3.05) is 13.1 Å². The van der Waals surface area contributed by atoms with Gasteiger partial charge in [-0.1, -0.05) is 26.7 Å². The molecule has 0 unspecified atom stereocenters. The van der Waals surface area contributed by atoms with Crippen LogP contribution in [0.3, 0.4) is 0 Å². The predicted octanol–water partition coefficient (Wildman–Crippen LogP) is 3.59. The fourth-order valence-electron chi connectivity index (χ4n) is 3.31. The van der Waals surface area contributed by atoms with Crippen molar-refractivity contribution in [2.45, 2.75) is 58.8 Å². The van der Waals surface area contributed by atoms with Gasteiger partial charge in [0.1, 0.15) is 0 Å². The highest BCUT2D eigenvalue weighted by atomic mass is 14.9. The van der Waals surface area contributed by atoms with Crippen molar-refractivity contribution >= 4 is 0 Å². The normalized spacial score (nSPS) is 25.0. The summed E-state index contributed by atoms with van der Waals surface area (Å²) < 4.78 is 0. The summed E-state index contributed by atoms with van der Waals surface area (Å²) in [5.74, 6) is 1.90. The Bertz CT molecular complexity index is 188. The molecule has 2 rings (SSSR count). The Hall–Kier alpha value is -0.0400. The first kappa shape index (κ1) is 11.4. The van der Waals surface area contributed by atoms with Crippen LogP contribution in [0, 0.1) is 17.3 Å². The molecule has 1 heteroatoms. The fourth-order valence-corrected chi connectivity index (χ4v) is 3.31. The molecule has 1 N–H and O–H groups in total. The number of rotatable bonds is 6. The maximum atomic E-state index is 3.74. The van der Waals surface area contributed by atoms with E-state index in [1.807, 2.05) is 0 Å². The Morgan fingerprint density at radius 3 is 2.40 bits per heavy atom. The fraction of sp³-hybridized carbons (Fsp3) is 1.00. The predicted molar refractivity (Wildman–Crippen MR) is 65.9 cm³/mol. The van der Waals surface area contributed by atoms with E-state index in [0.29, 0.717) is 5.41 Å². The molecule has 15 heavy (non-hydrogen) atoms. The Labute approximate surface area is 95.0 Å². The topological polar surface area (TPSA) is 12.0 Å². The van der Waals surface area contributed by atoms with Crippen molar-refractivity contribution in [1.82, 2.24) is 5.32 Å². The second kappa shape index (κ2) is 4.86. The van der Waals surface area contributed by atoms with E-state index in [1.165, 1.54) is 58.0 Å². The summed E-state index contributed by atoms with van der Waals surface area (Å²) in [6, 6.07) is 0. The van der Waals surface area contributed by atoms with Crippen LogP contribution < -0.4 is 5.32 Å². The minimum atomic E-state index is 0.670. The van der Waals surface area contributed by atoms with E-state index in [4.69, 9.17) is 0 Å². The van der Waals surface area contributed by atoms with E-state index in [-0.39, 0.29) is 0 Å². The lowest BCUT2D eigenvalue weighted by atomic mass is 9.78. The number of hydrogen-bond donors (Lipinski definition) is 1. The molecule has 0 aliphatic heterocycles. The second-order valence-corrected chi connectivity index (χ2v) is 6.38. The molecule has 0 bridgehead atoms. The second-order valence-electron chi connectivity index (χ2n) is 6.38. The molecule has 0 aromatic carbocycles. The van der Waals surface area contributed by atoms with Crippen molar-refractivity contribution in [3.8, 4) is 0 Å². The molecular formula is C14H27N. The van der Waals surface area contributed by atoms with E-state index in [9.17, 15) is 0 Å². The van der Waals surface area contributed by atoms with Gasteiger partial charge in [-0.05, 0) is 55.9 Å². The van der Waals surface area contributed by atoms with Crippen molar-refractivity contribution in [3.05, 3.63) is 0 Å². The molecule has 2 saturated carbocycles. The van der Waals surface area contributed by atoms with Crippen LogP contribution >= 0.6 is 0 Å². The van der Waals surface area contributed by atoms with E-state index < -0.39 is 0 Å². The molecule has 0 atom stereocenters. The molecular weight excluding hydrogens is 182 g/mol. The average Bonchev–Trinajstić information content (AvgIpc) is 2.86. The van der Waals surface area contributed by atoms with Gasteiger partial charge in [0, 0.05) is 6.54 Å². The number of hydrogen-bond acceptors (Lipinski definition) is 1. The van der Waals surface area contributed by atoms with Gasteiger partial charge in [0.15, 0.2) is 0 Å². The van der Waals surface area contributed by atoms with Gasteiger partial charge in [0.05, 0.1) is 0 Å². The molecule has 0 radical (unpaired) electrons. The highest BCUT2D eigenvalue weighted by molar-refractivity contribution is 4.88. The molecule has 2 fully saturated rings. The summed E-state index contributed by atoms with van der Waals surface area (Å²) in [6.07, 6.45) is 10.3. The van der Waals surface area contributed by atoms with E-state index in [1.54, 1.807) is 0 Å². The molecule has 2 aliphatic rings. The zero-order valence-corrected chi connectivity index (χ0v) is 10.5. The maximum absolute atomic E-state index is 3.74. The van der Waals surface area contributed by atoms with Crippen LogP contribution in [0.4, 0.5) is 0 Å². The largest absolute Gasteiger partial charge is 0.316 e. The summed E-state index contributed by atoms with van der Waals surface area (Å²) in [6.45, 7) is 7.34. The maximum Gasteiger partial charge on any atom is 0.000802 e. The minimum Gasteiger partial charge on any atom is -0.316 e. The highest BCUT2D eigenvalue weighted by Gasteiger charge is 2.34. The lowest BCUT2D eigenvalue weighted by Gasteiger charge is -2.31. The van der Waals surface area contributed by atoms with Gasteiger partial charge in [-0.15, -0.1) is 0 Å². The summed E-state index contributed by atoms with van der Waals surface area (Å²) in [5.41, 5.74) is 0.670. The van der Waals surface area contributed by atoms with Gasteiger partial charge >= 0.3 is 0 Å². The minimum absolute atomic E-state index is 0.670. The molecule has 0 spiro atoms. The van der Waals surface area contributed by atoms with Crippen molar-refractivity contribution in [3.63, 3.8) is 0 Å². The lowest BCUT2D eigenvalue weighted by Crippen LogP contribution is -2.34. The molecule has 88 valence electrons. The Morgan fingerprint density at radius 1 is 1.20 bits per heavy atom. The van der Waals surface area contributed by atoms with Crippen LogP contribution in [0.1, 0.15) is 58.8 Å². The van der Waals surface area contributed by atoms with Crippen LogP contribution in [-0.2, 0) is 0 Å². The van der Waals surface area contributed by atoms with Crippen molar-refractivity contribution in [1.29, 1.82) is 0 Å². The molecule has 0 amide bonds. The Morgan fingerprint density at radius 2 is 1.87 bits per heavy atom. The average molecular weight is 209 g/mol. The summed E-state index contributed by atoms with van der Waals surface area (Å²) in [7, 11) is 0. The summed E-state index contributed by atoms with van der Waals surface area (Å²) in [4.78, 5) is 0. The van der Waals surface area contributed by atoms with Gasteiger partial charge in [0.2, 0.25) is 0 Å². The molecule has 0 aromatic rings. The monoisotopic (exact) mass is 209 g/mol. The highest BCUT2D eigenvalue weighted by Crippen LogP contribution is 2.42. The Kier molecular flexibility index (Phi) is 3.71. The van der Waals surface area contributed by atoms with Crippen LogP contribution in [0.15, 0.2) is 0 Å². The smallest absolute Gasteiger partial charge is 0.000802 e. The SMILES string of the molecule is CC(C)CC1(CNCC2CC2)CCCC1. The third-order valence-corrected chi connectivity index (χ3v) is 4.14. The molecule has 2 aliphatic carbocycles. The standard InChI is InChI=1S/C14H27N/c1-12(2)9-14(7-3-4-8-14)11-15-10-13-5-6-13/h12-13,15H,3-11H2,1-2H3. The lowest BCUT2D eigenvalue weighted by molar-refractivity contribution is 0.223. The van der Waals surface area contributed by atoms with Gasteiger partial charge < -0.3 is 5.32 Å². The zero-order valence-electron chi connectivity index (χ0n) is 10.5. The van der Waals surface area contributed by atoms with Gasteiger partial charge in [0.25, 0.3) is 0 Å². The quantitative estimate of drug-likeness (QED) is 0.705. The Balaban J connectivity index is 1.75. The first-order valence-electron chi connectivity index (χ1n) is 6.91. The van der Waals surface area contributed by atoms with Crippen molar-refractivity contribution < 1.29 is 0 Å². The van der Waals surface area contributed by atoms with E-state index >= 15 is 0 Å². The van der Waals surface area contributed by atoms with E-state index in [2.05, 4.69) is 19.2 Å². The summed E-state index contributed by atoms with van der Waals surface area (Å²) >= 11 is 0. The molecule has 1 nitrogen and oxygen atoms in total. The van der Waals surface area contributed by atoms with Crippen LogP contribution in [0.2, 0.25) is 0 Å². The van der Waals surface area contributed by atoms with Crippen molar-refractivity contribution in [2.24, 2.45) is 17.3 Å². The van der Waals surface area contributed by atoms with Gasteiger partial charge in [-0.25, -0.2) is 0 Å². The summed E-state index contributed by atoms with van der Waals surface area (Å²) in [5, 5.41) is 3.74. The van der Waals surface area contributed by atoms with Crippen LogP contribution in [0.25, 0.3) is 0 Å². The number of nitrogens with one attached hydrogen (secondary N) is 1. The van der Waals surface area contributed by atoms with Gasteiger partial charge in [-0.2, -0.15) is 0 Å². The third-order valence-electron chi connectivity index (χ3n) is 4.14. The molecule has 0 heterocycles. The van der Waals surface area contributed by atoms with Crippen LogP contribution in [0.5, 0.6) is 0 Å². The third kappa shape index (κ3) is 3.48. The first-order valence-corrected chi connectivity index (χ1v) is 6.91. The molecule has 0 aromatic heterocycles.